The molecule has 2 aromatic rings. The van der Waals surface area contributed by atoms with E-state index in [1.54, 1.807) is 24.3 Å². The van der Waals surface area contributed by atoms with E-state index in [1.807, 2.05) is 0 Å². The molecule has 16 heavy (non-hydrogen) atoms. The highest BCUT2D eigenvalue weighted by atomic mass is 19.1. The lowest BCUT2D eigenvalue weighted by Gasteiger charge is -2.04. The first-order chi connectivity index (χ1) is 7.75. The van der Waals surface area contributed by atoms with Gasteiger partial charge in [0.05, 0.1) is 12.3 Å². The van der Waals surface area contributed by atoms with E-state index in [9.17, 15) is 4.39 Å². The number of benzene rings is 1. The number of hydrogen-bond donors (Lipinski definition) is 1. The van der Waals surface area contributed by atoms with Crippen LogP contribution in [0, 0.1) is 5.82 Å². The van der Waals surface area contributed by atoms with E-state index < -0.39 is 0 Å². The zero-order valence-electron chi connectivity index (χ0n) is 8.52. The van der Waals surface area contributed by atoms with Gasteiger partial charge in [0.1, 0.15) is 0 Å². The summed E-state index contributed by atoms with van der Waals surface area (Å²) >= 11 is 0. The van der Waals surface area contributed by atoms with Gasteiger partial charge in [-0.15, -0.1) is 0 Å². The van der Waals surface area contributed by atoms with Crippen LogP contribution in [0.5, 0.6) is 5.75 Å². The van der Waals surface area contributed by atoms with Crippen molar-refractivity contribution in [2.45, 2.75) is 6.42 Å². The fourth-order valence-corrected chi connectivity index (χ4v) is 1.27. The SMILES string of the molecule is Nc1cc(CCOc2ccccc2F)no1. The summed E-state index contributed by atoms with van der Waals surface area (Å²) in [6.07, 6.45) is 0.523. The Bertz CT molecular complexity index is 471. The lowest BCUT2D eigenvalue weighted by Crippen LogP contribution is -2.02. The molecule has 0 radical (unpaired) electrons. The molecule has 1 aromatic carbocycles. The fraction of sp³-hybridized carbons (Fsp3) is 0.182. The minimum absolute atomic E-state index is 0.235. The second-order valence-electron chi connectivity index (χ2n) is 3.25. The zero-order valence-corrected chi connectivity index (χ0v) is 8.52. The smallest absolute Gasteiger partial charge is 0.222 e. The Morgan fingerprint density at radius 2 is 2.19 bits per heavy atom. The number of halogens is 1. The van der Waals surface area contributed by atoms with E-state index in [-0.39, 0.29) is 17.5 Å². The minimum atomic E-state index is -0.373. The molecule has 0 amide bonds. The first kappa shape index (κ1) is 10.5. The molecule has 0 bridgehead atoms. The lowest BCUT2D eigenvalue weighted by molar-refractivity contribution is 0.301. The number of nitrogen functional groups attached to an aromatic ring is 1. The van der Waals surface area contributed by atoms with Crippen LogP contribution in [-0.4, -0.2) is 11.8 Å². The van der Waals surface area contributed by atoms with Crippen molar-refractivity contribution >= 4 is 5.88 Å². The van der Waals surface area contributed by atoms with Crippen LogP contribution in [0.3, 0.4) is 0 Å². The van der Waals surface area contributed by atoms with Gasteiger partial charge in [0.2, 0.25) is 5.88 Å². The molecule has 0 aliphatic carbocycles. The standard InChI is InChI=1S/C11H11FN2O2/c12-9-3-1-2-4-10(9)15-6-5-8-7-11(13)16-14-8/h1-4,7H,5-6,13H2. The van der Waals surface area contributed by atoms with Gasteiger partial charge in [-0.1, -0.05) is 17.3 Å². The first-order valence-corrected chi connectivity index (χ1v) is 4.84. The molecular weight excluding hydrogens is 211 g/mol. The van der Waals surface area contributed by atoms with Crippen molar-refractivity contribution in [2.75, 3.05) is 12.3 Å². The van der Waals surface area contributed by atoms with Crippen molar-refractivity contribution in [3.8, 4) is 5.75 Å². The fourth-order valence-electron chi connectivity index (χ4n) is 1.27. The van der Waals surface area contributed by atoms with E-state index >= 15 is 0 Å². The summed E-state index contributed by atoms with van der Waals surface area (Å²) in [7, 11) is 0. The number of anilines is 1. The van der Waals surface area contributed by atoms with Crippen LogP contribution < -0.4 is 10.5 Å². The number of rotatable bonds is 4. The molecule has 0 spiro atoms. The molecule has 2 rings (SSSR count). The van der Waals surface area contributed by atoms with Gasteiger partial charge in [0.25, 0.3) is 0 Å². The number of hydrogen-bond acceptors (Lipinski definition) is 4. The number of nitrogens with zero attached hydrogens (tertiary/aromatic N) is 1. The topological polar surface area (TPSA) is 61.3 Å². The molecule has 0 atom stereocenters. The van der Waals surface area contributed by atoms with Gasteiger partial charge in [-0.3, -0.25) is 0 Å². The molecule has 0 saturated heterocycles. The largest absolute Gasteiger partial charge is 0.490 e. The Balaban J connectivity index is 1.87. The molecule has 0 fully saturated rings. The summed E-state index contributed by atoms with van der Waals surface area (Å²) in [5, 5.41) is 3.70. The predicted octanol–water partition coefficient (Wildman–Crippen LogP) is 2.02. The van der Waals surface area contributed by atoms with Crippen molar-refractivity contribution < 1.29 is 13.7 Å². The summed E-state index contributed by atoms with van der Waals surface area (Å²) in [5.74, 6) is 0.127. The molecule has 0 aliphatic rings. The third kappa shape index (κ3) is 2.50. The zero-order chi connectivity index (χ0) is 11.4. The monoisotopic (exact) mass is 222 g/mol. The van der Waals surface area contributed by atoms with Gasteiger partial charge in [0, 0.05) is 12.5 Å². The molecule has 5 heteroatoms. The van der Waals surface area contributed by atoms with Crippen molar-refractivity contribution in [3.63, 3.8) is 0 Å². The van der Waals surface area contributed by atoms with Gasteiger partial charge < -0.3 is 15.0 Å². The Morgan fingerprint density at radius 1 is 1.38 bits per heavy atom. The van der Waals surface area contributed by atoms with Crippen LogP contribution in [-0.2, 0) is 6.42 Å². The third-order valence-electron chi connectivity index (χ3n) is 2.03. The van der Waals surface area contributed by atoms with Gasteiger partial charge in [-0.05, 0) is 12.1 Å². The maximum absolute atomic E-state index is 13.1. The van der Waals surface area contributed by atoms with Gasteiger partial charge in [-0.2, -0.15) is 0 Å². The van der Waals surface area contributed by atoms with Crippen LogP contribution in [0.25, 0.3) is 0 Å². The summed E-state index contributed by atoms with van der Waals surface area (Å²) in [4.78, 5) is 0. The Kier molecular flexibility index (Phi) is 3.05. The number of aromatic nitrogens is 1. The van der Waals surface area contributed by atoms with E-state index in [4.69, 9.17) is 10.5 Å². The van der Waals surface area contributed by atoms with E-state index in [2.05, 4.69) is 9.68 Å². The summed E-state index contributed by atoms with van der Waals surface area (Å²) < 4.78 is 23.1. The van der Waals surface area contributed by atoms with E-state index in [1.165, 1.54) is 6.07 Å². The van der Waals surface area contributed by atoms with Crippen LogP contribution in [0.4, 0.5) is 10.3 Å². The third-order valence-corrected chi connectivity index (χ3v) is 2.03. The molecule has 0 unspecified atom stereocenters. The van der Waals surface area contributed by atoms with Gasteiger partial charge >= 0.3 is 0 Å². The molecule has 0 aliphatic heterocycles. The average Bonchev–Trinajstić information content (AvgIpc) is 2.67. The summed E-state index contributed by atoms with van der Waals surface area (Å²) in [6, 6.07) is 7.87. The van der Waals surface area contributed by atoms with Gasteiger partial charge in [-0.25, -0.2) is 4.39 Å². The predicted molar refractivity (Wildman–Crippen MR) is 56.5 cm³/mol. The normalized spacial score (nSPS) is 10.3. The van der Waals surface area contributed by atoms with Gasteiger partial charge in [0.15, 0.2) is 11.6 Å². The van der Waals surface area contributed by atoms with Crippen molar-refractivity contribution in [2.24, 2.45) is 0 Å². The molecule has 4 nitrogen and oxygen atoms in total. The highest BCUT2D eigenvalue weighted by Gasteiger charge is 2.03. The highest BCUT2D eigenvalue weighted by molar-refractivity contribution is 5.25. The summed E-state index contributed by atoms with van der Waals surface area (Å²) in [5.41, 5.74) is 6.04. The van der Waals surface area contributed by atoms with Crippen LogP contribution >= 0.6 is 0 Å². The molecule has 84 valence electrons. The Hall–Kier alpha value is -2.04. The van der Waals surface area contributed by atoms with Crippen molar-refractivity contribution in [3.05, 3.63) is 41.8 Å². The van der Waals surface area contributed by atoms with E-state index in [0.717, 1.165) is 0 Å². The maximum atomic E-state index is 13.1. The number of ether oxygens (including phenoxy) is 1. The van der Waals surface area contributed by atoms with E-state index in [0.29, 0.717) is 18.7 Å². The quantitative estimate of drug-likeness (QED) is 0.859. The second kappa shape index (κ2) is 4.65. The van der Waals surface area contributed by atoms with Crippen molar-refractivity contribution in [1.29, 1.82) is 0 Å². The number of para-hydroxylation sites is 1. The van der Waals surface area contributed by atoms with Crippen LogP contribution in [0.15, 0.2) is 34.9 Å². The van der Waals surface area contributed by atoms with Crippen LogP contribution in [0.2, 0.25) is 0 Å². The van der Waals surface area contributed by atoms with Crippen molar-refractivity contribution in [1.82, 2.24) is 5.16 Å². The number of nitrogens with two attached hydrogens (primary N) is 1. The first-order valence-electron chi connectivity index (χ1n) is 4.84. The molecule has 1 aromatic heterocycles. The maximum Gasteiger partial charge on any atom is 0.222 e. The highest BCUT2D eigenvalue weighted by Crippen LogP contribution is 2.15. The molecule has 2 N–H and O–H groups in total. The van der Waals surface area contributed by atoms with Crippen LogP contribution in [0.1, 0.15) is 5.69 Å². The molecule has 1 heterocycles. The minimum Gasteiger partial charge on any atom is -0.490 e. The Morgan fingerprint density at radius 3 is 2.88 bits per heavy atom. The Labute approximate surface area is 91.8 Å². The average molecular weight is 222 g/mol. The summed E-state index contributed by atoms with van der Waals surface area (Å²) in [6.45, 7) is 0.326. The molecule has 0 saturated carbocycles. The second-order valence-corrected chi connectivity index (χ2v) is 3.25. The lowest BCUT2D eigenvalue weighted by atomic mass is 10.3. The molecular formula is C11H11FN2O2.